The molecule has 0 bridgehead atoms. The predicted molar refractivity (Wildman–Crippen MR) is 133 cm³/mol. The van der Waals surface area contributed by atoms with Crippen molar-refractivity contribution in [2.24, 2.45) is 0 Å². The van der Waals surface area contributed by atoms with Gasteiger partial charge in [-0.05, 0) is 57.3 Å². The van der Waals surface area contributed by atoms with E-state index in [2.05, 4.69) is 32.1 Å². The molecule has 0 saturated heterocycles. The van der Waals surface area contributed by atoms with Crippen LogP contribution in [-0.4, -0.2) is 52.1 Å². The molecule has 0 fully saturated rings. The number of aryl methyl sites for hydroxylation is 2. The van der Waals surface area contributed by atoms with Crippen molar-refractivity contribution in [1.82, 2.24) is 24.8 Å². The highest BCUT2D eigenvalue weighted by atomic mass is 32.1. The summed E-state index contributed by atoms with van der Waals surface area (Å²) in [6.07, 6.45) is 1.83. The Morgan fingerprint density at radius 1 is 1.15 bits per heavy atom. The Labute approximate surface area is 201 Å². The molecule has 2 N–H and O–H groups in total. The molecule has 0 spiro atoms. The summed E-state index contributed by atoms with van der Waals surface area (Å²) >= 11 is 1.37. The van der Waals surface area contributed by atoms with E-state index in [0.29, 0.717) is 48.7 Å². The van der Waals surface area contributed by atoms with Crippen molar-refractivity contribution in [1.29, 1.82) is 0 Å². The second-order valence-electron chi connectivity index (χ2n) is 8.75. The molecule has 176 valence electrons. The maximum atomic E-state index is 15.1. The van der Waals surface area contributed by atoms with Gasteiger partial charge in [0.15, 0.2) is 16.8 Å². The van der Waals surface area contributed by atoms with Crippen LogP contribution in [0.4, 0.5) is 15.3 Å². The van der Waals surface area contributed by atoms with Crippen LogP contribution < -0.4 is 15.4 Å². The Balaban J connectivity index is 1.54. The minimum Gasteiger partial charge on any atom is -0.491 e. The third-order valence-electron chi connectivity index (χ3n) is 5.72. The maximum absolute atomic E-state index is 15.1. The minimum atomic E-state index is -0.394. The number of fused-ring (bicyclic) bond motifs is 2. The van der Waals surface area contributed by atoms with Crippen LogP contribution >= 0.6 is 11.3 Å². The highest BCUT2D eigenvalue weighted by molar-refractivity contribution is 7.21. The topological polar surface area (TPSA) is 93.3 Å². The summed E-state index contributed by atoms with van der Waals surface area (Å²) in [7, 11) is 3.88. The van der Waals surface area contributed by atoms with Gasteiger partial charge in [0.05, 0.1) is 18.8 Å². The highest BCUT2D eigenvalue weighted by Gasteiger charge is 2.24. The molecular formula is C24H26FN7OS. The fourth-order valence-corrected chi connectivity index (χ4v) is 4.88. The first-order valence-corrected chi connectivity index (χ1v) is 11.8. The molecule has 1 aliphatic rings. The number of ether oxygens (including phenoxy) is 1. The Hall–Kier alpha value is -3.37. The van der Waals surface area contributed by atoms with Crippen LogP contribution in [-0.2, 0) is 13.1 Å². The molecule has 0 atom stereocenters. The van der Waals surface area contributed by atoms with Crippen LogP contribution in [0.2, 0.25) is 0 Å². The number of halogens is 1. The Morgan fingerprint density at radius 3 is 2.76 bits per heavy atom. The first-order valence-electron chi connectivity index (χ1n) is 11.0. The number of hydrogen-bond donors (Lipinski definition) is 1. The third kappa shape index (κ3) is 4.26. The van der Waals surface area contributed by atoms with Gasteiger partial charge < -0.3 is 20.3 Å². The standard InChI is InChI=1S/C24H26FN7OS/c1-13-7-15(16-9-18-23(27-10-16)34-24(26)29-18)8-17-11-32(5-6-33-21(13)17)22-20(25)14(2)28-19(30-22)12-31(3)4/h7-10H,5-6,11-12H2,1-4H3,(H2,26,29). The first-order chi connectivity index (χ1) is 16.3. The second-order valence-corrected chi connectivity index (χ2v) is 9.76. The van der Waals surface area contributed by atoms with Crippen molar-refractivity contribution in [2.45, 2.75) is 26.9 Å². The molecule has 34 heavy (non-hydrogen) atoms. The monoisotopic (exact) mass is 479 g/mol. The Kier molecular flexibility index (Phi) is 5.78. The number of rotatable bonds is 4. The van der Waals surface area contributed by atoms with Gasteiger partial charge in [0, 0.05) is 23.9 Å². The molecule has 10 heteroatoms. The van der Waals surface area contributed by atoms with Crippen molar-refractivity contribution >= 4 is 32.6 Å². The van der Waals surface area contributed by atoms with Crippen LogP contribution in [0, 0.1) is 19.7 Å². The second kappa shape index (κ2) is 8.77. The van der Waals surface area contributed by atoms with Crippen LogP contribution in [0.3, 0.4) is 0 Å². The van der Waals surface area contributed by atoms with E-state index in [1.54, 1.807) is 6.92 Å². The fourth-order valence-electron chi connectivity index (χ4n) is 4.22. The van der Waals surface area contributed by atoms with Crippen molar-refractivity contribution in [2.75, 3.05) is 37.9 Å². The van der Waals surface area contributed by atoms with E-state index >= 15 is 4.39 Å². The number of nitrogens with two attached hydrogens (primary N) is 1. The van der Waals surface area contributed by atoms with Gasteiger partial charge in [0.25, 0.3) is 0 Å². The average Bonchev–Trinajstić information content (AvgIpc) is 3.01. The lowest BCUT2D eigenvalue weighted by Gasteiger charge is -2.23. The molecule has 1 aromatic carbocycles. The summed E-state index contributed by atoms with van der Waals surface area (Å²) in [5.74, 6) is 1.34. The van der Waals surface area contributed by atoms with E-state index in [0.717, 1.165) is 38.4 Å². The van der Waals surface area contributed by atoms with Crippen molar-refractivity contribution < 1.29 is 9.13 Å². The largest absolute Gasteiger partial charge is 0.491 e. The van der Waals surface area contributed by atoms with E-state index in [1.165, 1.54) is 11.3 Å². The zero-order chi connectivity index (χ0) is 24.0. The number of thiazole rings is 1. The maximum Gasteiger partial charge on any atom is 0.186 e. The molecule has 1 aliphatic heterocycles. The predicted octanol–water partition coefficient (Wildman–Crippen LogP) is 3.95. The van der Waals surface area contributed by atoms with Gasteiger partial charge in [-0.1, -0.05) is 11.3 Å². The first kappa shape index (κ1) is 22.4. The quantitative estimate of drug-likeness (QED) is 0.470. The van der Waals surface area contributed by atoms with E-state index in [-0.39, 0.29) is 0 Å². The summed E-state index contributed by atoms with van der Waals surface area (Å²) in [5.41, 5.74) is 10.9. The molecule has 4 aromatic rings. The summed E-state index contributed by atoms with van der Waals surface area (Å²) in [6.45, 7) is 5.66. The Bertz CT molecular complexity index is 1390. The zero-order valence-corrected chi connectivity index (χ0v) is 20.4. The third-order valence-corrected chi connectivity index (χ3v) is 6.53. The van der Waals surface area contributed by atoms with Gasteiger partial charge in [-0.2, -0.15) is 0 Å². The minimum absolute atomic E-state index is 0.310. The molecule has 3 aromatic heterocycles. The van der Waals surface area contributed by atoms with Gasteiger partial charge >= 0.3 is 0 Å². The number of nitrogens with zero attached hydrogens (tertiary/aromatic N) is 6. The molecule has 0 radical (unpaired) electrons. The average molecular weight is 480 g/mol. The van der Waals surface area contributed by atoms with Crippen molar-refractivity contribution in [3.05, 3.63) is 52.9 Å². The van der Waals surface area contributed by atoms with Gasteiger partial charge in [-0.25, -0.2) is 24.3 Å². The molecule has 0 amide bonds. The van der Waals surface area contributed by atoms with E-state index in [4.69, 9.17) is 10.5 Å². The Morgan fingerprint density at radius 2 is 1.97 bits per heavy atom. The highest BCUT2D eigenvalue weighted by Crippen LogP contribution is 2.35. The van der Waals surface area contributed by atoms with Crippen LogP contribution in [0.25, 0.3) is 21.5 Å². The van der Waals surface area contributed by atoms with E-state index in [1.807, 2.05) is 43.1 Å². The SMILES string of the molecule is Cc1cc(-c2cnc3sc(N)nc3c2)cc2c1OCCN(c1nc(CN(C)C)nc(C)c1F)C2. The lowest BCUT2D eigenvalue weighted by Crippen LogP contribution is -2.28. The van der Waals surface area contributed by atoms with Gasteiger partial charge in [-0.3, -0.25) is 0 Å². The lowest BCUT2D eigenvalue weighted by atomic mass is 10.00. The molecule has 4 heterocycles. The number of pyridine rings is 1. The number of aromatic nitrogens is 4. The molecule has 0 unspecified atom stereocenters. The van der Waals surface area contributed by atoms with E-state index < -0.39 is 5.82 Å². The van der Waals surface area contributed by atoms with Crippen LogP contribution in [0.1, 0.15) is 22.6 Å². The lowest BCUT2D eigenvalue weighted by molar-refractivity contribution is 0.329. The van der Waals surface area contributed by atoms with Gasteiger partial charge in [-0.15, -0.1) is 0 Å². The molecule has 5 rings (SSSR count). The molecule has 0 aliphatic carbocycles. The normalized spacial score (nSPS) is 13.8. The van der Waals surface area contributed by atoms with Gasteiger partial charge in [0.2, 0.25) is 0 Å². The summed E-state index contributed by atoms with van der Waals surface area (Å²) in [5, 5.41) is 0.498. The number of nitrogen functional groups attached to an aromatic ring is 1. The smallest absolute Gasteiger partial charge is 0.186 e. The number of hydrogen-bond acceptors (Lipinski definition) is 9. The fraction of sp³-hybridized carbons (Fsp3) is 0.333. The summed E-state index contributed by atoms with van der Waals surface area (Å²) < 4.78 is 21.2. The van der Waals surface area contributed by atoms with Crippen LogP contribution in [0.5, 0.6) is 5.75 Å². The number of benzene rings is 1. The van der Waals surface area contributed by atoms with Crippen LogP contribution in [0.15, 0.2) is 24.4 Å². The van der Waals surface area contributed by atoms with Crippen molar-refractivity contribution in [3.63, 3.8) is 0 Å². The molecule has 8 nitrogen and oxygen atoms in total. The zero-order valence-electron chi connectivity index (χ0n) is 19.6. The summed E-state index contributed by atoms with van der Waals surface area (Å²) in [4.78, 5) is 22.5. The number of anilines is 2. The van der Waals surface area contributed by atoms with Crippen molar-refractivity contribution in [3.8, 4) is 16.9 Å². The molecule has 0 saturated carbocycles. The summed E-state index contributed by atoms with van der Waals surface area (Å²) in [6, 6.07) is 6.15. The molecular weight excluding hydrogens is 453 g/mol. The van der Waals surface area contributed by atoms with E-state index in [9.17, 15) is 0 Å². The van der Waals surface area contributed by atoms with Gasteiger partial charge in [0.1, 0.15) is 28.5 Å².